The van der Waals surface area contributed by atoms with Crippen LogP contribution in [0.5, 0.6) is 0 Å². The summed E-state index contributed by atoms with van der Waals surface area (Å²) in [5, 5.41) is 9.19. The van der Waals surface area contributed by atoms with Crippen molar-refractivity contribution in [1.29, 1.82) is 5.26 Å². The largest absolute Gasteiger partial charge is 0.451 e. The topological polar surface area (TPSA) is 69.9 Å². The third kappa shape index (κ3) is 4.82. The van der Waals surface area contributed by atoms with Gasteiger partial charge >= 0.3 is 6.18 Å². The number of thioether (sulfide) groups is 1. The first kappa shape index (κ1) is 19.0. The van der Waals surface area contributed by atoms with Crippen molar-refractivity contribution in [2.45, 2.75) is 24.5 Å². The van der Waals surface area contributed by atoms with E-state index in [1.807, 2.05) is 6.07 Å². The molecule has 0 spiro atoms. The Kier molecular flexibility index (Phi) is 6.20. The molecule has 0 aliphatic heterocycles. The van der Waals surface area contributed by atoms with Crippen molar-refractivity contribution in [3.8, 4) is 6.07 Å². The number of aromatic nitrogens is 2. The number of rotatable bonds is 6. The molecule has 1 heterocycles. The highest BCUT2D eigenvalue weighted by Crippen LogP contribution is 2.32. The molecule has 25 heavy (non-hydrogen) atoms. The van der Waals surface area contributed by atoms with E-state index in [1.54, 1.807) is 25.1 Å². The van der Waals surface area contributed by atoms with E-state index < -0.39 is 12.0 Å². The molecule has 0 bridgehead atoms. The van der Waals surface area contributed by atoms with Crippen molar-refractivity contribution in [2.24, 2.45) is 0 Å². The van der Waals surface area contributed by atoms with Crippen molar-refractivity contribution in [2.75, 3.05) is 18.8 Å². The molecule has 0 radical (unpaired) electrons. The maximum Gasteiger partial charge on any atom is 0.451 e. The lowest BCUT2D eigenvalue weighted by atomic mass is 10.2. The Morgan fingerprint density at radius 3 is 2.68 bits per heavy atom. The predicted molar refractivity (Wildman–Crippen MR) is 87.7 cm³/mol. The number of carbonyl (C=O) groups is 1. The number of alkyl halides is 3. The minimum atomic E-state index is -4.66. The van der Waals surface area contributed by atoms with Crippen LogP contribution in [0.2, 0.25) is 0 Å². The Labute approximate surface area is 146 Å². The summed E-state index contributed by atoms with van der Waals surface area (Å²) in [5.41, 5.74) is 0.177. The van der Waals surface area contributed by atoms with E-state index in [-0.39, 0.29) is 28.6 Å². The minimum Gasteiger partial charge on any atom is -0.341 e. The van der Waals surface area contributed by atoms with Gasteiger partial charge in [-0.2, -0.15) is 18.4 Å². The molecule has 1 aromatic heterocycles. The van der Waals surface area contributed by atoms with Gasteiger partial charge in [-0.05, 0) is 13.0 Å². The molecule has 0 aliphatic rings. The Balaban J connectivity index is 2.25. The van der Waals surface area contributed by atoms with Crippen molar-refractivity contribution >= 4 is 28.6 Å². The third-order valence-electron chi connectivity index (χ3n) is 3.38. The van der Waals surface area contributed by atoms with E-state index in [2.05, 4.69) is 9.97 Å². The summed E-state index contributed by atoms with van der Waals surface area (Å²) in [6, 6.07) is 8.33. The molecule has 0 unspecified atom stereocenters. The summed E-state index contributed by atoms with van der Waals surface area (Å²) in [4.78, 5) is 20.8. The van der Waals surface area contributed by atoms with Crippen LogP contribution in [0, 0.1) is 11.3 Å². The highest BCUT2D eigenvalue weighted by atomic mass is 32.2. The van der Waals surface area contributed by atoms with E-state index in [0.29, 0.717) is 18.5 Å². The number of nitriles is 1. The molecule has 0 saturated carbocycles. The van der Waals surface area contributed by atoms with Gasteiger partial charge in [-0.15, -0.1) is 0 Å². The molecule has 0 N–H and O–H groups in total. The van der Waals surface area contributed by atoms with Crippen LogP contribution in [0.1, 0.15) is 19.2 Å². The lowest BCUT2D eigenvalue weighted by Gasteiger charge is -2.19. The van der Waals surface area contributed by atoms with Crippen molar-refractivity contribution in [3.63, 3.8) is 0 Å². The quantitative estimate of drug-likeness (QED) is 0.576. The van der Waals surface area contributed by atoms with Gasteiger partial charge in [0.15, 0.2) is 0 Å². The first-order chi connectivity index (χ1) is 11.9. The van der Waals surface area contributed by atoms with Crippen molar-refractivity contribution in [1.82, 2.24) is 14.9 Å². The minimum absolute atomic E-state index is 0.0580. The molecular formula is C16H15F3N4OS. The number of benzene rings is 1. The van der Waals surface area contributed by atoms with Gasteiger partial charge in [-0.1, -0.05) is 30.0 Å². The van der Waals surface area contributed by atoms with Gasteiger partial charge in [0.2, 0.25) is 11.7 Å². The highest BCUT2D eigenvalue weighted by Gasteiger charge is 2.35. The van der Waals surface area contributed by atoms with Crippen LogP contribution < -0.4 is 0 Å². The molecule has 132 valence electrons. The smallest absolute Gasteiger partial charge is 0.341 e. The normalized spacial score (nSPS) is 11.3. The Morgan fingerprint density at radius 1 is 1.32 bits per heavy atom. The van der Waals surface area contributed by atoms with Crippen LogP contribution in [0.25, 0.3) is 10.9 Å². The Morgan fingerprint density at radius 2 is 2.04 bits per heavy atom. The molecule has 0 atom stereocenters. The van der Waals surface area contributed by atoms with Crippen LogP contribution in [0.4, 0.5) is 13.2 Å². The summed E-state index contributed by atoms with van der Waals surface area (Å²) >= 11 is 0.940. The SMILES string of the molecule is CCN(CCC#N)C(=O)CSc1nc(C(F)(F)F)nc2ccccc12. The van der Waals surface area contributed by atoms with Gasteiger partial charge in [0.05, 0.1) is 23.8 Å². The molecule has 1 amide bonds. The van der Waals surface area contributed by atoms with Gasteiger partial charge in [-0.25, -0.2) is 9.97 Å². The highest BCUT2D eigenvalue weighted by molar-refractivity contribution is 8.00. The maximum absolute atomic E-state index is 13.0. The van der Waals surface area contributed by atoms with Crippen molar-refractivity contribution in [3.05, 3.63) is 30.1 Å². The van der Waals surface area contributed by atoms with Gasteiger partial charge in [0, 0.05) is 18.5 Å². The maximum atomic E-state index is 13.0. The van der Waals surface area contributed by atoms with Crippen molar-refractivity contribution < 1.29 is 18.0 Å². The molecule has 2 aromatic rings. The fourth-order valence-corrected chi connectivity index (χ4v) is 3.07. The first-order valence-electron chi connectivity index (χ1n) is 7.48. The van der Waals surface area contributed by atoms with E-state index in [4.69, 9.17) is 5.26 Å². The second-order valence-corrected chi connectivity index (χ2v) is 6.00. The summed E-state index contributed by atoms with van der Waals surface area (Å²) in [6.45, 7) is 2.51. The molecular weight excluding hydrogens is 353 g/mol. The Hall–Kier alpha value is -2.34. The van der Waals surface area contributed by atoms with Crippen LogP contribution in [0.15, 0.2) is 29.3 Å². The van der Waals surface area contributed by atoms with E-state index in [1.165, 1.54) is 11.0 Å². The number of amides is 1. The third-order valence-corrected chi connectivity index (χ3v) is 4.36. The van der Waals surface area contributed by atoms with Gasteiger partial charge < -0.3 is 4.90 Å². The zero-order chi connectivity index (χ0) is 18.4. The zero-order valence-electron chi connectivity index (χ0n) is 13.4. The number of fused-ring (bicyclic) bond motifs is 1. The Bertz CT molecular complexity index is 804. The lowest BCUT2D eigenvalue weighted by molar-refractivity contribution is -0.145. The molecule has 0 saturated heterocycles. The number of hydrogen-bond acceptors (Lipinski definition) is 5. The van der Waals surface area contributed by atoms with Crippen LogP contribution in [0.3, 0.4) is 0 Å². The average Bonchev–Trinajstić information content (AvgIpc) is 2.59. The summed E-state index contributed by atoms with van der Waals surface area (Å²) in [5.74, 6) is -1.53. The second-order valence-electron chi connectivity index (χ2n) is 5.04. The molecule has 0 aliphatic carbocycles. The first-order valence-corrected chi connectivity index (χ1v) is 8.47. The number of nitrogens with zero attached hydrogens (tertiary/aromatic N) is 4. The molecule has 2 rings (SSSR count). The summed E-state index contributed by atoms with van der Waals surface area (Å²) < 4.78 is 38.9. The van der Waals surface area contributed by atoms with Gasteiger partial charge in [-0.3, -0.25) is 4.79 Å². The van der Waals surface area contributed by atoms with Crippen LogP contribution in [-0.2, 0) is 11.0 Å². The molecule has 0 fully saturated rings. The number of carbonyl (C=O) groups excluding carboxylic acids is 1. The van der Waals surface area contributed by atoms with E-state index >= 15 is 0 Å². The monoisotopic (exact) mass is 368 g/mol. The zero-order valence-corrected chi connectivity index (χ0v) is 14.2. The van der Waals surface area contributed by atoms with Gasteiger partial charge in [0.1, 0.15) is 5.03 Å². The number of para-hydroxylation sites is 1. The van der Waals surface area contributed by atoms with E-state index in [0.717, 1.165) is 11.8 Å². The summed E-state index contributed by atoms with van der Waals surface area (Å²) in [7, 11) is 0. The molecule has 5 nitrogen and oxygen atoms in total. The lowest BCUT2D eigenvalue weighted by Crippen LogP contribution is -2.33. The average molecular weight is 368 g/mol. The fraction of sp³-hybridized carbons (Fsp3) is 0.375. The van der Waals surface area contributed by atoms with Crippen LogP contribution in [-0.4, -0.2) is 39.6 Å². The number of halogens is 3. The van der Waals surface area contributed by atoms with E-state index in [9.17, 15) is 18.0 Å². The molecule has 1 aromatic carbocycles. The predicted octanol–water partition coefficient (Wildman–Crippen LogP) is 3.50. The standard InChI is InChI=1S/C16H15F3N4OS/c1-2-23(9-5-8-20)13(24)10-25-14-11-6-3-4-7-12(11)21-15(22-14)16(17,18)19/h3-4,6-7H,2,5,9-10H2,1H3. The fourth-order valence-electron chi connectivity index (χ4n) is 2.15. The number of hydrogen-bond donors (Lipinski definition) is 0. The summed E-state index contributed by atoms with van der Waals surface area (Å²) in [6.07, 6.45) is -4.45. The molecule has 9 heteroatoms. The second kappa shape index (κ2) is 8.16. The van der Waals surface area contributed by atoms with Crippen LogP contribution >= 0.6 is 11.8 Å². The van der Waals surface area contributed by atoms with Gasteiger partial charge in [0.25, 0.3) is 0 Å².